The van der Waals surface area contributed by atoms with Crippen LogP contribution < -0.4 is 10.2 Å². The molecule has 4 aliphatic rings. The Morgan fingerprint density at radius 1 is 1.04 bits per heavy atom. The highest BCUT2D eigenvalue weighted by Crippen LogP contribution is 2.56. The standard InChI is InChI=1S/C37H43N3O8/c1-23-14-15-24(2)27(21-23)39-18-9-5-8-13-29(42)38-26(22-46-3)32(25-11-6-4-7-12-25)47-36(45)30-28-16-17-37(48-28)31(30)34(43)40(19-10-20-41)33(37)35(39)44/h4-7,9,11-12,14-17,21,26,28,30-33,41H,8,10,13,18-20,22H2,1-3H3,(H,38,42)/b9-5-/t26-,28+,30-,31-,32-,33+,37-/m1/s1. The monoisotopic (exact) mass is 657 g/mol. The van der Waals surface area contributed by atoms with Crippen LogP contribution in [0.5, 0.6) is 0 Å². The Morgan fingerprint density at radius 2 is 1.83 bits per heavy atom. The zero-order valence-electron chi connectivity index (χ0n) is 27.5. The topological polar surface area (TPSA) is 135 Å². The third-order valence-electron chi connectivity index (χ3n) is 9.78. The number of fused-ring (bicyclic) bond motifs is 2. The first-order chi connectivity index (χ1) is 23.2. The predicted octanol–water partition coefficient (Wildman–Crippen LogP) is 2.94. The van der Waals surface area contributed by atoms with E-state index in [1.165, 1.54) is 12.0 Å². The van der Waals surface area contributed by atoms with Crippen molar-refractivity contribution < 1.29 is 38.5 Å². The summed E-state index contributed by atoms with van der Waals surface area (Å²) in [5.41, 5.74) is 1.77. The number of aliphatic hydroxyl groups is 1. The van der Waals surface area contributed by atoms with Crippen molar-refractivity contribution in [3.05, 3.63) is 89.5 Å². The summed E-state index contributed by atoms with van der Waals surface area (Å²) in [5.74, 6) is -3.72. The molecule has 5 bridgehead atoms. The molecular formula is C37H43N3O8. The van der Waals surface area contributed by atoms with Gasteiger partial charge in [0.05, 0.1) is 24.7 Å². The van der Waals surface area contributed by atoms with Crippen molar-refractivity contribution in [3.8, 4) is 0 Å². The number of hydrogen-bond acceptors (Lipinski definition) is 8. The third-order valence-corrected chi connectivity index (χ3v) is 9.78. The molecule has 2 saturated heterocycles. The Bertz CT molecular complexity index is 1610. The lowest BCUT2D eigenvalue weighted by Crippen LogP contribution is -2.56. The van der Waals surface area contributed by atoms with Gasteiger partial charge in [0, 0.05) is 38.9 Å². The SMILES string of the molecule is COC[C@H]1NC(=O)CC/C=C\CN(c2cc(C)ccc2C)C(=O)[C@@H]2N(CCCO)C(=O)[C@H]3[C@H](C(=O)O[C@@H]1c1ccccc1)[C@@H]1C=C[C@]23O1. The summed E-state index contributed by atoms with van der Waals surface area (Å²) in [7, 11) is 1.51. The van der Waals surface area contributed by atoms with Crippen LogP contribution in [0.15, 0.2) is 72.8 Å². The second-order valence-electron chi connectivity index (χ2n) is 13.0. The second-order valence-corrected chi connectivity index (χ2v) is 13.0. The van der Waals surface area contributed by atoms with Crippen LogP contribution in [-0.2, 0) is 33.4 Å². The van der Waals surface area contributed by atoms with Crippen LogP contribution in [0.4, 0.5) is 5.69 Å². The van der Waals surface area contributed by atoms with Gasteiger partial charge in [-0.2, -0.15) is 0 Å². The molecule has 0 aliphatic carbocycles. The number of likely N-dealkylation sites (tertiary alicyclic amines) is 1. The van der Waals surface area contributed by atoms with Crippen LogP contribution in [0.3, 0.4) is 0 Å². The molecule has 11 heteroatoms. The van der Waals surface area contributed by atoms with Crippen molar-refractivity contribution in [3.63, 3.8) is 0 Å². The molecule has 0 saturated carbocycles. The second kappa shape index (κ2) is 14.0. The zero-order valence-corrected chi connectivity index (χ0v) is 27.5. The van der Waals surface area contributed by atoms with E-state index in [0.717, 1.165) is 11.1 Å². The molecule has 4 heterocycles. The molecule has 0 radical (unpaired) electrons. The first-order valence-electron chi connectivity index (χ1n) is 16.6. The molecule has 2 aromatic carbocycles. The molecule has 0 unspecified atom stereocenters. The number of esters is 1. The van der Waals surface area contributed by atoms with Gasteiger partial charge in [0.1, 0.15) is 23.7 Å². The molecule has 254 valence electrons. The van der Waals surface area contributed by atoms with Gasteiger partial charge in [0.2, 0.25) is 11.8 Å². The van der Waals surface area contributed by atoms with Crippen LogP contribution in [0.2, 0.25) is 0 Å². The predicted molar refractivity (Wildman–Crippen MR) is 177 cm³/mol. The number of allylic oxidation sites excluding steroid dienone is 1. The molecule has 2 N–H and O–H groups in total. The lowest BCUT2D eigenvalue weighted by Gasteiger charge is -2.36. The number of benzene rings is 2. The van der Waals surface area contributed by atoms with E-state index >= 15 is 0 Å². The van der Waals surface area contributed by atoms with Crippen molar-refractivity contribution in [1.29, 1.82) is 0 Å². The summed E-state index contributed by atoms with van der Waals surface area (Å²) in [6, 6.07) is 13.1. The third kappa shape index (κ3) is 6.06. The van der Waals surface area contributed by atoms with Gasteiger partial charge < -0.3 is 34.4 Å². The molecule has 3 amide bonds. The number of aliphatic hydroxyl groups excluding tert-OH is 1. The number of anilines is 1. The summed E-state index contributed by atoms with van der Waals surface area (Å²) in [5, 5.41) is 12.8. The molecule has 7 atom stereocenters. The Morgan fingerprint density at radius 3 is 2.58 bits per heavy atom. The van der Waals surface area contributed by atoms with Gasteiger partial charge in [0.25, 0.3) is 5.91 Å². The van der Waals surface area contributed by atoms with Crippen LogP contribution in [0.25, 0.3) is 0 Å². The molecule has 11 nitrogen and oxygen atoms in total. The molecule has 0 aromatic heterocycles. The van der Waals surface area contributed by atoms with Crippen molar-refractivity contribution in [2.45, 2.75) is 63.0 Å². The maximum atomic E-state index is 14.9. The minimum absolute atomic E-state index is 0.0710. The van der Waals surface area contributed by atoms with Gasteiger partial charge in [-0.15, -0.1) is 0 Å². The highest BCUT2D eigenvalue weighted by molar-refractivity contribution is 6.05. The van der Waals surface area contributed by atoms with E-state index in [0.29, 0.717) is 17.7 Å². The van der Waals surface area contributed by atoms with Crippen molar-refractivity contribution in [2.75, 3.05) is 38.3 Å². The molecular weight excluding hydrogens is 614 g/mol. The summed E-state index contributed by atoms with van der Waals surface area (Å²) in [6.07, 6.45) is 6.33. The number of aryl methyl sites for hydroxylation is 2. The molecule has 4 aliphatic heterocycles. The molecule has 2 fully saturated rings. The fourth-order valence-corrected chi connectivity index (χ4v) is 7.57. The number of nitrogens with zero attached hydrogens (tertiary/aromatic N) is 2. The highest BCUT2D eigenvalue weighted by Gasteiger charge is 2.73. The molecule has 6 rings (SSSR count). The minimum Gasteiger partial charge on any atom is -0.455 e. The number of rotatable bonds is 7. The Balaban J connectivity index is 1.46. The molecule has 1 spiro atoms. The van der Waals surface area contributed by atoms with E-state index in [9.17, 15) is 24.3 Å². The fraction of sp³-hybridized carbons (Fsp3) is 0.459. The van der Waals surface area contributed by atoms with Crippen molar-refractivity contribution in [1.82, 2.24) is 10.2 Å². The summed E-state index contributed by atoms with van der Waals surface area (Å²) in [6.45, 7) is 4.06. The first-order valence-corrected chi connectivity index (χ1v) is 16.6. The van der Waals surface area contributed by atoms with Crippen LogP contribution in [0, 0.1) is 25.7 Å². The van der Waals surface area contributed by atoms with E-state index in [2.05, 4.69) is 5.32 Å². The van der Waals surface area contributed by atoms with Gasteiger partial charge in [-0.25, -0.2) is 0 Å². The highest BCUT2D eigenvalue weighted by atomic mass is 16.6. The van der Waals surface area contributed by atoms with Gasteiger partial charge in [0.15, 0.2) is 0 Å². The number of hydrogen-bond donors (Lipinski definition) is 2. The van der Waals surface area contributed by atoms with Gasteiger partial charge in [-0.1, -0.05) is 66.8 Å². The summed E-state index contributed by atoms with van der Waals surface area (Å²) >= 11 is 0. The number of ether oxygens (including phenoxy) is 3. The summed E-state index contributed by atoms with van der Waals surface area (Å²) < 4.78 is 18.3. The van der Waals surface area contributed by atoms with E-state index in [4.69, 9.17) is 14.2 Å². The van der Waals surface area contributed by atoms with Crippen LogP contribution in [0.1, 0.15) is 42.1 Å². The van der Waals surface area contributed by atoms with E-state index in [1.54, 1.807) is 17.1 Å². The average Bonchev–Trinajstić information content (AvgIpc) is 3.72. The maximum absolute atomic E-state index is 14.9. The summed E-state index contributed by atoms with van der Waals surface area (Å²) in [4.78, 5) is 60.0. The maximum Gasteiger partial charge on any atom is 0.313 e. The van der Waals surface area contributed by atoms with E-state index in [1.807, 2.05) is 74.5 Å². The lowest BCUT2D eigenvalue weighted by atomic mass is 9.74. The smallest absolute Gasteiger partial charge is 0.313 e. The van der Waals surface area contributed by atoms with Crippen molar-refractivity contribution in [2.24, 2.45) is 11.8 Å². The van der Waals surface area contributed by atoms with E-state index in [-0.39, 0.29) is 51.0 Å². The number of carbonyl (C=O) groups excluding carboxylic acids is 4. The van der Waals surface area contributed by atoms with Gasteiger partial charge in [-0.3, -0.25) is 19.2 Å². The number of nitrogens with one attached hydrogen (secondary N) is 1. The zero-order chi connectivity index (χ0) is 34.0. The number of carbonyl (C=O) groups is 4. The average molecular weight is 658 g/mol. The fourth-order valence-electron chi connectivity index (χ4n) is 7.57. The quantitative estimate of drug-likeness (QED) is 0.343. The Labute approximate surface area is 280 Å². The number of cyclic esters (lactones) is 1. The van der Waals surface area contributed by atoms with Gasteiger partial charge in [-0.05, 0) is 49.4 Å². The van der Waals surface area contributed by atoms with Crippen LogP contribution >= 0.6 is 0 Å². The first kappa shape index (κ1) is 33.6. The van der Waals surface area contributed by atoms with Crippen molar-refractivity contribution >= 4 is 29.4 Å². The molecule has 48 heavy (non-hydrogen) atoms. The number of amides is 3. The largest absolute Gasteiger partial charge is 0.455 e. The minimum atomic E-state index is -1.41. The van der Waals surface area contributed by atoms with E-state index < -0.39 is 53.6 Å². The normalized spacial score (nSPS) is 31.2. The number of methoxy groups -OCH3 is 1. The lowest BCUT2D eigenvalue weighted by molar-refractivity contribution is -0.162. The van der Waals surface area contributed by atoms with Gasteiger partial charge >= 0.3 is 5.97 Å². The Kier molecular flexibility index (Phi) is 9.82. The van der Waals surface area contributed by atoms with Crippen LogP contribution in [-0.4, -0.2) is 90.9 Å². The Hall–Kier alpha value is -4.32. The molecule has 2 aromatic rings.